The second-order valence-corrected chi connectivity index (χ2v) is 5.05. The fourth-order valence-electron chi connectivity index (χ4n) is 2.77. The van der Waals surface area contributed by atoms with E-state index in [1.54, 1.807) is 0 Å². The number of benzene rings is 1. The second-order valence-electron chi connectivity index (χ2n) is 5.05. The fraction of sp³-hybridized carbons (Fsp3) is 0.412. The number of hydrogen-bond donors (Lipinski definition) is 1. The lowest BCUT2D eigenvalue weighted by molar-refractivity contribution is 0.629. The van der Waals surface area contributed by atoms with Crippen LogP contribution in [0.15, 0.2) is 36.9 Å². The van der Waals surface area contributed by atoms with E-state index in [1.807, 2.05) is 0 Å². The molecule has 0 aliphatic rings. The zero-order valence-corrected chi connectivity index (χ0v) is 11.5. The van der Waals surface area contributed by atoms with Crippen molar-refractivity contribution in [1.82, 2.24) is 4.98 Å². The van der Waals surface area contributed by atoms with E-state index in [4.69, 9.17) is 0 Å². The van der Waals surface area contributed by atoms with Crippen LogP contribution in [0.4, 0.5) is 0 Å². The molecule has 1 aromatic heterocycles. The van der Waals surface area contributed by atoms with Crippen molar-refractivity contribution in [2.45, 2.75) is 45.4 Å². The smallest absolute Gasteiger partial charge is 0.0459 e. The third-order valence-electron chi connectivity index (χ3n) is 3.72. The van der Waals surface area contributed by atoms with Gasteiger partial charge in [0.2, 0.25) is 0 Å². The Bertz CT molecular complexity index is 521. The minimum Gasteiger partial charge on any atom is -0.358 e. The first-order valence-corrected chi connectivity index (χ1v) is 6.97. The maximum absolute atomic E-state index is 4.03. The van der Waals surface area contributed by atoms with Crippen LogP contribution in [-0.2, 0) is 0 Å². The van der Waals surface area contributed by atoms with Crippen molar-refractivity contribution in [3.8, 4) is 0 Å². The third-order valence-corrected chi connectivity index (χ3v) is 3.72. The van der Waals surface area contributed by atoms with Gasteiger partial charge in [0.25, 0.3) is 0 Å². The van der Waals surface area contributed by atoms with Gasteiger partial charge in [-0.05, 0) is 25.0 Å². The summed E-state index contributed by atoms with van der Waals surface area (Å²) in [6.07, 6.45) is 7.19. The number of unbranched alkanes of at least 4 members (excludes halogenated alkanes) is 2. The maximum atomic E-state index is 4.03. The van der Waals surface area contributed by atoms with Crippen LogP contribution < -0.4 is 0 Å². The molecule has 1 aromatic carbocycles. The molecule has 0 radical (unpaired) electrons. The van der Waals surface area contributed by atoms with Crippen molar-refractivity contribution < 1.29 is 0 Å². The van der Waals surface area contributed by atoms with Crippen LogP contribution in [0.1, 0.15) is 49.8 Å². The number of H-pyrrole nitrogens is 1. The van der Waals surface area contributed by atoms with Gasteiger partial charge in [-0.25, -0.2) is 0 Å². The molecule has 0 saturated carbocycles. The zero-order chi connectivity index (χ0) is 13.0. The quantitative estimate of drug-likeness (QED) is 0.520. The van der Waals surface area contributed by atoms with Gasteiger partial charge >= 0.3 is 0 Å². The average Bonchev–Trinajstić information content (AvgIpc) is 2.71. The van der Waals surface area contributed by atoms with Crippen LogP contribution in [0, 0.1) is 6.92 Å². The summed E-state index contributed by atoms with van der Waals surface area (Å²) >= 11 is 0. The van der Waals surface area contributed by atoms with E-state index in [0.29, 0.717) is 5.92 Å². The van der Waals surface area contributed by atoms with Crippen molar-refractivity contribution >= 4 is 10.9 Å². The number of nitrogens with one attached hydrogen (secondary N) is 1. The van der Waals surface area contributed by atoms with Gasteiger partial charge in [-0.1, -0.05) is 50.5 Å². The van der Waals surface area contributed by atoms with Crippen LogP contribution in [-0.4, -0.2) is 4.98 Å². The van der Waals surface area contributed by atoms with Crippen molar-refractivity contribution in [1.29, 1.82) is 0 Å². The lowest BCUT2D eigenvalue weighted by Crippen LogP contribution is -1.96. The number of fused-ring (bicyclic) bond motifs is 1. The summed E-state index contributed by atoms with van der Waals surface area (Å²) in [5.74, 6) is 0.479. The Labute approximate surface area is 110 Å². The predicted octanol–water partition coefficient (Wildman–Crippen LogP) is 5.33. The summed E-state index contributed by atoms with van der Waals surface area (Å²) in [5.41, 5.74) is 3.97. The Morgan fingerprint density at radius 2 is 2.06 bits per heavy atom. The van der Waals surface area contributed by atoms with Gasteiger partial charge in [0.1, 0.15) is 0 Å². The van der Waals surface area contributed by atoms with E-state index >= 15 is 0 Å². The molecule has 1 N–H and O–H groups in total. The first-order chi connectivity index (χ1) is 8.77. The molecular formula is C17H23N. The number of hydrogen-bond acceptors (Lipinski definition) is 0. The molecule has 1 atom stereocenters. The molecule has 0 aliphatic heterocycles. The molecule has 2 rings (SSSR count). The molecule has 0 bridgehead atoms. The highest BCUT2D eigenvalue weighted by Crippen LogP contribution is 2.32. The molecule has 0 spiro atoms. The molecule has 0 saturated heterocycles. The summed E-state index contributed by atoms with van der Waals surface area (Å²) in [4.78, 5) is 3.48. The minimum absolute atomic E-state index is 0.479. The number of aromatic amines is 1. The second kappa shape index (κ2) is 5.90. The summed E-state index contributed by atoms with van der Waals surface area (Å²) in [5, 5.41) is 1.36. The third kappa shape index (κ3) is 2.50. The SMILES string of the molecule is C=CC(CCCCC)c1c(C)[nH]c2ccccc12. The van der Waals surface area contributed by atoms with Crippen molar-refractivity contribution in [2.24, 2.45) is 0 Å². The highest BCUT2D eigenvalue weighted by atomic mass is 14.7. The van der Waals surface area contributed by atoms with E-state index in [1.165, 1.54) is 47.8 Å². The number of para-hydroxylation sites is 1. The molecule has 1 nitrogen and oxygen atoms in total. The predicted molar refractivity (Wildman–Crippen MR) is 80.1 cm³/mol. The Balaban J connectivity index is 2.32. The van der Waals surface area contributed by atoms with Gasteiger partial charge in [-0.15, -0.1) is 6.58 Å². The summed E-state index contributed by atoms with van der Waals surface area (Å²) in [7, 11) is 0. The lowest BCUT2D eigenvalue weighted by atomic mass is 9.91. The lowest BCUT2D eigenvalue weighted by Gasteiger charge is -2.13. The van der Waals surface area contributed by atoms with Gasteiger partial charge in [-0.2, -0.15) is 0 Å². The first-order valence-electron chi connectivity index (χ1n) is 6.97. The van der Waals surface area contributed by atoms with Crippen LogP contribution >= 0.6 is 0 Å². The average molecular weight is 241 g/mol. The fourth-order valence-corrected chi connectivity index (χ4v) is 2.77. The van der Waals surface area contributed by atoms with Gasteiger partial charge in [0.05, 0.1) is 0 Å². The first kappa shape index (κ1) is 12.9. The van der Waals surface area contributed by atoms with E-state index < -0.39 is 0 Å². The van der Waals surface area contributed by atoms with Crippen molar-refractivity contribution in [3.05, 3.63) is 48.2 Å². The molecule has 96 valence electrons. The topological polar surface area (TPSA) is 15.8 Å². The van der Waals surface area contributed by atoms with Gasteiger partial charge < -0.3 is 4.98 Å². The van der Waals surface area contributed by atoms with Crippen LogP contribution in [0.3, 0.4) is 0 Å². The number of aryl methyl sites for hydroxylation is 1. The minimum atomic E-state index is 0.479. The molecule has 0 amide bonds. The highest BCUT2D eigenvalue weighted by molar-refractivity contribution is 5.85. The molecule has 0 aliphatic carbocycles. The Morgan fingerprint density at radius 3 is 2.78 bits per heavy atom. The van der Waals surface area contributed by atoms with Crippen LogP contribution in [0.25, 0.3) is 10.9 Å². The molecule has 2 aromatic rings. The summed E-state index contributed by atoms with van der Waals surface area (Å²) < 4.78 is 0. The normalized spacial score (nSPS) is 12.8. The molecule has 1 heterocycles. The maximum Gasteiger partial charge on any atom is 0.0459 e. The zero-order valence-electron chi connectivity index (χ0n) is 11.5. The molecule has 18 heavy (non-hydrogen) atoms. The number of rotatable bonds is 6. The Hall–Kier alpha value is -1.50. The van der Waals surface area contributed by atoms with E-state index in [-0.39, 0.29) is 0 Å². The Morgan fingerprint density at radius 1 is 1.28 bits per heavy atom. The largest absolute Gasteiger partial charge is 0.358 e. The summed E-state index contributed by atoms with van der Waals surface area (Å²) in [6, 6.07) is 8.57. The van der Waals surface area contributed by atoms with E-state index in [2.05, 4.69) is 55.8 Å². The van der Waals surface area contributed by atoms with Gasteiger partial charge in [-0.3, -0.25) is 0 Å². The van der Waals surface area contributed by atoms with E-state index in [0.717, 1.165) is 0 Å². The summed E-state index contributed by atoms with van der Waals surface area (Å²) in [6.45, 7) is 8.45. The molecule has 1 heteroatoms. The molecule has 1 unspecified atom stereocenters. The molecule has 0 fully saturated rings. The van der Waals surface area contributed by atoms with Crippen LogP contribution in [0.5, 0.6) is 0 Å². The standard InChI is InChI=1S/C17H23N/c1-4-6-7-10-14(5-2)17-13(3)18-16-12-9-8-11-15(16)17/h5,8-9,11-12,14,18H,2,4,6-7,10H2,1,3H3. The molecular weight excluding hydrogens is 218 g/mol. The Kier molecular flexibility index (Phi) is 4.24. The van der Waals surface area contributed by atoms with Gasteiger partial charge in [0.15, 0.2) is 0 Å². The van der Waals surface area contributed by atoms with Crippen molar-refractivity contribution in [2.75, 3.05) is 0 Å². The van der Waals surface area contributed by atoms with Gasteiger partial charge in [0, 0.05) is 22.5 Å². The highest BCUT2D eigenvalue weighted by Gasteiger charge is 2.15. The number of aromatic nitrogens is 1. The number of allylic oxidation sites excluding steroid dienone is 1. The monoisotopic (exact) mass is 241 g/mol. The van der Waals surface area contributed by atoms with E-state index in [9.17, 15) is 0 Å². The van der Waals surface area contributed by atoms with Crippen LogP contribution in [0.2, 0.25) is 0 Å². The van der Waals surface area contributed by atoms with Crippen molar-refractivity contribution in [3.63, 3.8) is 0 Å².